The summed E-state index contributed by atoms with van der Waals surface area (Å²) in [5, 5.41) is 3.32. The topological polar surface area (TPSA) is 47.6 Å². The van der Waals surface area contributed by atoms with Crippen molar-refractivity contribution in [1.29, 1.82) is 0 Å². The second kappa shape index (κ2) is 5.17. The van der Waals surface area contributed by atoms with E-state index in [0.717, 1.165) is 5.56 Å². The molecule has 102 valence electrons. The van der Waals surface area contributed by atoms with Crippen LogP contribution in [0.25, 0.3) is 0 Å². The van der Waals surface area contributed by atoms with Crippen LogP contribution in [0.1, 0.15) is 24.8 Å². The van der Waals surface area contributed by atoms with E-state index in [9.17, 15) is 9.18 Å². The van der Waals surface area contributed by atoms with Crippen LogP contribution in [0, 0.1) is 5.82 Å². The molecule has 1 saturated carbocycles. The Balaban J connectivity index is 1.63. The van der Waals surface area contributed by atoms with Crippen molar-refractivity contribution >= 4 is 5.97 Å². The van der Waals surface area contributed by atoms with Gasteiger partial charge in [0, 0.05) is 19.0 Å². The van der Waals surface area contributed by atoms with Crippen LogP contribution in [-0.2, 0) is 16.1 Å². The Kier molecular flexibility index (Phi) is 3.38. The minimum Gasteiger partial charge on any atom is -0.476 e. The van der Waals surface area contributed by atoms with Gasteiger partial charge in [-0.3, -0.25) is 0 Å². The molecule has 0 radical (unpaired) electrons. The molecule has 1 saturated heterocycles. The summed E-state index contributed by atoms with van der Waals surface area (Å²) in [5.74, 6) is -0.743. The molecule has 1 aliphatic carbocycles. The lowest BCUT2D eigenvalue weighted by Crippen LogP contribution is -2.22. The first kappa shape index (κ1) is 12.4. The Hall–Kier alpha value is -1.62. The van der Waals surface area contributed by atoms with Crippen LogP contribution in [0.5, 0.6) is 5.75 Å². The zero-order valence-electron chi connectivity index (χ0n) is 10.5. The molecule has 1 aromatic rings. The number of carbonyl (C=O) groups is 1. The molecule has 4 nitrogen and oxygen atoms in total. The van der Waals surface area contributed by atoms with Gasteiger partial charge in [0.25, 0.3) is 0 Å². The Morgan fingerprint density at radius 2 is 2.21 bits per heavy atom. The van der Waals surface area contributed by atoms with Gasteiger partial charge < -0.3 is 14.8 Å². The van der Waals surface area contributed by atoms with Gasteiger partial charge in [0.2, 0.25) is 0 Å². The SMILES string of the molecule is O=C1OCCC1Oc1ccc(CNC2CC2)cc1F. The summed E-state index contributed by atoms with van der Waals surface area (Å²) in [5.41, 5.74) is 0.880. The average Bonchev–Trinajstić information content (AvgIpc) is 3.14. The first-order valence-electron chi connectivity index (χ1n) is 6.57. The van der Waals surface area contributed by atoms with E-state index in [0.29, 0.717) is 25.6 Å². The predicted octanol–water partition coefficient (Wildman–Crippen LogP) is 1.77. The number of esters is 1. The van der Waals surface area contributed by atoms with Crippen molar-refractivity contribution < 1.29 is 18.7 Å². The van der Waals surface area contributed by atoms with E-state index in [-0.39, 0.29) is 5.75 Å². The maximum atomic E-state index is 13.9. The number of benzene rings is 1. The van der Waals surface area contributed by atoms with Crippen LogP contribution in [0.2, 0.25) is 0 Å². The summed E-state index contributed by atoms with van der Waals surface area (Å²) < 4.78 is 24.0. The fourth-order valence-electron chi connectivity index (χ4n) is 2.04. The highest BCUT2D eigenvalue weighted by atomic mass is 19.1. The summed E-state index contributed by atoms with van der Waals surface area (Å²) in [6.07, 6.45) is 2.20. The van der Waals surface area contributed by atoms with Gasteiger partial charge in [0.05, 0.1) is 6.61 Å². The van der Waals surface area contributed by atoms with Crippen LogP contribution in [0.15, 0.2) is 18.2 Å². The van der Waals surface area contributed by atoms with Crippen molar-refractivity contribution in [3.8, 4) is 5.75 Å². The third-order valence-electron chi connectivity index (χ3n) is 3.32. The maximum absolute atomic E-state index is 13.9. The molecule has 3 rings (SSSR count). The smallest absolute Gasteiger partial charge is 0.347 e. The molecular formula is C14H16FNO3. The van der Waals surface area contributed by atoms with Gasteiger partial charge in [-0.2, -0.15) is 0 Å². The molecule has 1 unspecified atom stereocenters. The summed E-state index contributed by atoms with van der Waals surface area (Å²) >= 11 is 0. The highest BCUT2D eigenvalue weighted by molar-refractivity contribution is 5.76. The third kappa shape index (κ3) is 3.04. The zero-order chi connectivity index (χ0) is 13.2. The quantitative estimate of drug-likeness (QED) is 0.824. The van der Waals surface area contributed by atoms with Crippen molar-refractivity contribution in [3.05, 3.63) is 29.6 Å². The Bertz CT molecular complexity index is 488. The molecule has 1 aromatic carbocycles. The van der Waals surface area contributed by atoms with Gasteiger partial charge in [0.15, 0.2) is 17.7 Å². The van der Waals surface area contributed by atoms with E-state index >= 15 is 0 Å². The van der Waals surface area contributed by atoms with E-state index in [1.807, 2.05) is 6.07 Å². The average molecular weight is 265 g/mol. The van der Waals surface area contributed by atoms with Crippen LogP contribution in [0.3, 0.4) is 0 Å². The molecule has 1 atom stereocenters. The molecule has 19 heavy (non-hydrogen) atoms. The first-order chi connectivity index (χ1) is 9.22. The minimum atomic E-state index is -0.676. The molecule has 1 aliphatic heterocycles. The molecule has 1 N–H and O–H groups in total. The zero-order valence-corrected chi connectivity index (χ0v) is 10.5. The Morgan fingerprint density at radius 3 is 2.84 bits per heavy atom. The van der Waals surface area contributed by atoms with Crippen molar-refractivity contribution in [3.63, 3.8) is 0 Å². The van der Waals surface area contributed by atoms with Crippen LogP contribution >= 0.6 is 0 Å². The van der Waals surface area contributed by atoms with E-state index in [1.54, 1.807) is 6.07 Å². The Morgan fingerprint density at radius 1 is 1.37 bits per heavy atom. The highest BCUT2D eigenvalue weighted by Crippen LogP contribution is 2.23. The van der Waals surface area contributed by atoms with Gasteiger partial charge >= 0.3 is 5.97 Å². The lowest BCUT2D eigenvalue weighted by molar-refractivity contribution is -0.143. The molecule has 5 heteroatoms. The van der Waals surface area contributed by atoms with Crippen LogP contribution < -0.4 is 10.1 Å². The second-order valence-electron chi connectivity index (χ2n) is 4.98. The van der Waals surface area contributed by atoms with E-state index in [2.05, 4.69) is 5.32 Å². The lowest BCUT2D eigenvalue weighted by Gasteiger charge is -2.12. The van der Waals surface area contributed by atoms with Gasteiger partial charge in [-0.15, -0.1) is 0 Å². The third-order valence-corrected chi connectivity index (χ3v) is 3.32. The number of hydrogen-bond acceptors (Lipinski definition) is 4. The first-order valence-corrected chi connectivity index (χ1v) is 6.57. The number of cyclic esters (lactones) is 1. The number of ether oxygens (including phenoxy) is 2. The molecule has 0 aromatic heterocycles. The van der Waals surface area contributed by atoms with Gasteiger partial charge in [-0.25, -0.2) is 9.18 Å². The van der Waals surface area contributed by atoms with Gasteiger partial charge in [0.1, 0.15) is 0 Å². The Labute approximate surface area is 110 Å². The largest absolute Gasteiger partial charge is 0.476 e. The highest BCUT2D eigenvalue weighted by Gasteiger charge is 2.29. The lowest BCUT2D eigenvalue weighted by atomic mass is 10.2. The molecule has 2 fully saturated rings. The van der Waals surface area contributed by atoms with Crippen molar-refractivity contribution in [2.24, 2.45) is 0 Å². The van der Waals surface area contributed by atoms with E-state index < -0.39 is 17.9 Å². The molecule has 0 spiro atoms. The number of rotatable bonds is 5. The van der Waals surface area contributed by atoms with Gasteiger partial charge in [-0.05, 0) is 30.5 Å². The number of nitrogens with one attached hydrogen (secondary N) is 1. The molecular weight excluding hydrogens is 249 g/mol. The molecule has 2 aliphatic rings. The van der Waals surface area contributed by atoms with E-state index in [1.165, 1.54) is 18.9 Å². The summed E-state index contributed by atoms with van der Waals surface area (Å²) in [6, 6.07) is 5.43. The van der Waals surface area contributed by atoms with E-state index in [4.69, 9.17) is 9.47 Å². The fourth-order valence-corrected chi connectivity index (χ4v) is 2.04. The molecule has 1 heterocycles. The number of hydrogen-bond donors (Lipinski definition) is 1. The number of carbonyl (C=O) groups excluding carboxylic acids is 1. The summed E-state index contributed by atoms with van der Waals surface area (Å²) in [7, 11) is 0. The van der Waals surface area contributed by atoms with Crippen LogP contribution in [0.4, 0.5) is 4.39 Å². The normalized spacial score (nSPS) is 22.4. The molecule has 0 amide bonds. The molecule has 0 bridgehead atoms. The van der Waals surface area contributed by atoms with Crippen molar-refractivity contribution in [2.45, 2.75) is 38.0 Å². The number of halogens is 1. The minimum absolute atomic E-state index is 0.110. The summed E-state index contributed by atoms with van der Waals surface area (Å²) in [6.45, 7) is 1.00. The summed E-state index contributed by atoms with van der Waals surface area (Å²) in [4.78, 5) is 11.3. The standard InChI is InChI=1S/C14H16FNO3/c15-11-7-9(8-16-10-2-3-10)1-4-12(11)19-13-5-6-18-14(13)17/h1,4,7,10,13,16H,2-3,5-6,8H2. The monoisotopic (exact) mass is 265 g/mol. The van der Waals surface area contributed by atoms with Gasteiger partial charge in [-0.1, -0.05) is 6.07 Å². The van der Waals surface area contributed by atoms with Crippen LogP contribution in [-0.4, -0.2) is 24.7 Å². The predicted molar refractivity (Wildman–Crippen MR) is 66.3 cm³/mol. The van der Waals surface area contributed by atoms with Crippen molar-refractivity contribution in [1.82, 2.24) is 5.32 Å². The second-order valence-corrected chi connectivity index (χ2v) is 4.98. The fraction of sp³-hybridized carbons (Fsp3) is 0.500. The van der Waals surface area contributed by atoms with Crippen molar-refractivity contribution in [2.75, 3.05) is 6.61 Å². The maximum Gasteiger partial charge on any atom is 0.347 e.